The van der Waals surface area contributed by atoms with Crippen molar-refractivity contribution in [2.24, 2.45) is 0 Å². The Hall–Kier alpha value is -2.56. The number of aromatic nitrogens is 3. The molecule has 3 rings (SSSR count). The Morgan fingerprint density at radius 1 is 1.11 bits per heavy atom. The zero-order chi connectivity index (χ0) is 12.5. The zero-order valence-corrected chi connectivity index (χ0v) is 9.25. The molecule has 0 aliphatic heterocycles. The molecule has 88 valence electrons. The van der Waals surface area contributed by atoms with E-state index in [1.54, 1.807) is 12.1 Å². The van der Waals surface area contributed by atoms with Gasteiger partial charge in [0.1, 0.15) is 11.3 Å². The van der Waals surface area contributed by atoms with Crippen LogP contribution in [-0.4, -0.2) is 21.3 Å². The molecule has 1 aromatic heterocycles. The van der Waals surface area contributed by atoms with Crippen molar-refractivity contribution in [1.82, 2.24) is 15.0 Å². The van der Waals surface area contributed by atoms with Crippen LogP contribution in [0, 0.1) is 5.82 Å². The minimum absolute atomic E-state index is 0.0202. The summed E-state index contributed by atoms with van der Waals surface area (Å²) in [5.74, 6) is -0.568. The van der Waals surface area contributed by atoms with Gasteiger partial charge in [0.15, 0.2) is 6.29 Å². The topological polar surface area (TPSA) is 47.8 Å². The number of para-hydroxylation sites is 1. The molecule has 1 heterocycles. The van der Waals surface area contributed by atoms with E-state index in [0.717, 1.165) is 5.52 Å². The number of carbonyl (C=O) groups is 1. The Bertz CT molecular complexity index is 736. The number of nitrogens with zero attached hydrogens (tertiary/aromatic N) is 3. The second kappa shape index (κ2) is 4.03. The van der Waals surface area contributed by atoms with Gasteiger partial charge in [-0.2, -0.15) is 0 Å². The number of halogens is 1. The third kappa shape index (κ3) is 1.48. The van der Waals surface area contributed by atoms with Crippen molar-refractivity contribution in [2.45, 2.75) is 0 Å². The Morgan fingerprint density at radius 2 is 1.94 bits per heavy atom. The van der Waals surface area contributed by atoms with Gasteiger partial charge in [-0.05, 0) is 24.3 Å². The summed E-state index contributed by atoms with van der Waals surface area (Å²) in [6.07, 6.45) is 0.487. The predicted molar refractivity (Wildman–Crippen MR) is 64.2 cm³/mol. The number of benzene rings is 2. The van der Waals surface area contributed by atoms with E-state index in [4.69, 9.17) is 0 Å². The molecule has 0 amide bonds. The zero-order valence-electron chi connectivity index (χ0n) is 9.25. The predicted octanol–water partition coefficient (Wildman–Crippen LogP) is 2.37. The first-order valence-corrected chi connectivity index (χ1v) is 5.36. The standard InChI is InChI=1S/C13H8FN3O/c14-10-4-3-7-12(9(10)8-18)17-13-6-2-1-5-11(13)15-16-17/h1-8H. The second-order valence-corrected chi connectivity index (χ2v) is 3.78. The number of hydrogen-bond acceptors (Lipinski definition) is 3. The van der Waals surface area contributed by atoms with Gasteiger partial charge in [0.25, 0.3) is 0 Å². The summed E-state index contributed by atoms with van der Waals surface area (Å²) < 4.78 is 15.0. The van der Waals surface area contributed by atoms with E-state index in [2.05, 4.69) is 10.3 Å². The van der Waals surface area contributed by atoms with Crippen molar-refractivity contribution in [3.63, 3.8) is 0 Å². The van der Waals surface area contributed by atoms with Crippen LogP contribution in [0.15, 0.2) is 42.5 Å². The van der Waals surface area contributed by atoms with E-state index in [0.29, 0.717) is 17.5 Å². The fourth-order valence-electron chi connectivity index (χ4n) is 1.87. The van der Waals surface area contributed by atoms with Crippen LogP contribution >= 0.6 is 0 Å². The number of rotatable bonds is 2. The summed E-state index contributed by atoms with van der Waals surface area (Å²) in [4.78, 5) is 11.0. The average Bonchev–Trinajstić information content (AvgIpc) is 2.82. The summed E-state index contributed by atoms with van der Waals surface area (Å²) >= 11 is 0. The SMILES string of the molecule is O=Cc1c(F)cccc1-n1nnc2ccccc21. The monoisotopic (exact) mass is 241 g/mol. The lowest BCUT2D eigenvalue weighted by Crippen LogP contribution is -2.03. The van der Waals surface area contributed by atoms with E-state index in [-0.39, 0.29) is 5.56 Å². The first-order chi connectivity index (χ1) is 8.81. The van der Waals surface area contributed by atoms with E-state index < -0.39 is 5.82 Å². The third-order valence-electron chi connectivity index (χ3n) is 2.73. The largest absolute Gasteiger partial charge is 0.298 e. The van der Waals surface area contributed by atoms with E-state index in [9.17, 15) is 9.18 Å². The van der Waals surface area contributed by atoms with Crippen molar-refractivity contribution >= 4 is 17.3 Å². The Balaban J connectivity index is 2.33. The van der Waals surface area contributed by atoms with Gasteiger partial charge in [0.05, 0.1) is 16.8 Å². The molecule has 0 spiro atoms. The van der Waals surface area contributed by atoms with Crippen LogP contribution in [-0.2, 0) is 0 Å². The minimum Gasteiger partial charge on any atom is -0.298 e. The fourth-order valence-corrected chi connectivity index (χ4v) is 1.87. The maximum absolute atomic E-state index is 13.5. The highest BCUT2D eigenvalue weighted by Gasteiger charge is 2.12. The first kappa shape index (κ1) is 10.6. The highest BCUT2D eigenvalue weighted by Crippen LogP contribution is 2.20. The quantitative estimate of drug-likeness (QED) is 0.647. The van der Waals surface area contributed by atoms with E-state index >= 15 is 0 Å². The van der Waals surface area contributed by atoms with Crippen molar-refractivity contribution in [3.05, 3.63) is 53.8 Å². The highest BCUT2D eigenvalue weighted by molar-refractivity contribution is 5.84. The maximum atomic E-state index is 13.5. The number of fused-ring (bicyclic) bond motifs is 1. The van der Waals surface area contributed by atoms with Crippen LogP contribution in [0.4, 0.5) is 4.39 Å². The molecule has 0 fully saturated rings. The van der Waals surface area contributed by atoms with E-state index in [1.807, 2.05) is 18.2 Å². The van der Waals surface area contributed by atoms with Gasteiger partial charge in [-0.3, -0.25) is 4.79 Å². The van der Waals surface area contributed by atoms with Crippen LogP contribution in [0.1, 0.15) is 10.4 Å². The van der Waals surface area contributed by atoms with Gasteiger partial charge < -0.3 is 0 Å². The van der Waals surface area contributed by atoms with Crippen LogP contribution in [0.25, 0.3) is 16.7 Å². The average molecular weight is 241 g/mol. The Labute approximate surface area is 102 Å². The molecule has 0 aliphatic carbocycles. The highest BCUT2D eigenvalue weighted by atomic mass is 19.1. The molecule has 0 saturated heterocycles. The van der Waals surface area contributed by atoms with Gasteiger partial charge in [0.2, 0.25) is 0 Å². The molecular weight excluding hydrogens is 233 g/mol. The first-order valence-electron chi connectivity index (χ1n) is 5.36. The number of carbonyl (C=O) groups excluding carboxylic acids is 1. The van der Waals surface area contributed by atoms with Crippen molar-refractivity contribution in [2.75, 3.05) is 0 Å². The molecule has 18 heavy (non-hydrogen) atoms. The molecule has 0 atom stereocenters. The summed E-state index contributed by atoms with van der Waals surface area (Å²) in [6.45, 7) is 0. The van der Waals surface area contributed by atoms with Crippen LogP contribution in [0.5, 0.6) is 0 Å². The molecular formula is C13H8FN3O. The van der Waals surface area contributed by atoms with Crippen molar-refractivity contribution in [3.8, 4) is 5.69 Å². The van der Waals surface area contributed by atoms with Gasteiger partial charge in [-0.25, -0.2) is 9.07 Å². The molecule has 0 radical (unpaired) electrons. The lowest BCUT2D eigenvalue weighted by Gasteiger charge is -2.05. The summed E-state index contributed by atoms with van der Waals surface area (Å²) in [5.41, 5.74) is 1.79. The molecule has 0 saturated carbocycles. The van der Waals surface area contributed by atoms with Gasteiger partial charge in [-0.1, -0.05) is 23.4 Å². The van der Waals surface area contributed by atoms with Crippen molar-refractivity contribution < 1.29 is 9.18 Å². The minimum atomic E-state index is -0.568. The lowest BCUT2D eigenvalue weighted by atomic mass is 10.2. The van der Waals surface area contributed by atoms with Crippen molar-refractivity contribution in [1.29, 1.82) is 0 Å². The molecule has 4 nitrogen and oxygen atoms in total. The smallest absolute Gasteiger partial charge is 0.155 e. The summed E-state index contributed by atoms with van der Waals surface area (Å²) in [7, 11) is 0. The maximum Gasteiger partial charge on any atom is 0.155 e. The molecule has 0 unspecified atom stereocenters. The molecule has 5 heteroatoms. The Kier molecular flexibility index (Phi) is 2.37. The lowest BCUT2D eigenvalue weighted by molar-refractivity contribution is 0.111. The van der Waals surface area contributed by atoms with Crippen LogP contribution in [0.3, 0.4) is 0 Å². The number of hydrogen-bond donors (Lipinski definition) is 0. The molecule has 3 aromatic rings. The molecule has 0 bridgehead atoms. The summed E-state index contributed by atoms with van der Waals surface area (Å²) in [6, 6.07) is 11.7. The molecule has 2 aromatic carbocycles. The van der Waals surface area contributed by atoms with Crippen LogP contribution in [0.2, 0.25) is 0 Å². The molecule has 0 N–H and O–H groups in total. The van der Waals surface area contributed by atoms with Gasteiger partial charge >= 0.3 is 0 Å². The van der Waals surface area contributed by atoms with Gasteiger partial charge in [-0.15, -0.1) is 5.10 Å². The normalized spacial score (nSPS) is 10.7. The van der Waals surface area contributed by atoms with E-state index in [1.165, 1.54) is 16.8 Å². The third-order valence-corrected chi connectivity index (χ3v) is 2.73. The summed E-state index contributed by atoms with van der Waals surface area (Å²) in [5, 5.41) is 7.93. The van der Waals surface area contributed by atoms with Crippen LogP contribution < -0.4 is 0 Å². The number of aldehydes is 1. The second-order valence-electron chi connectivity index (χ2n) is 3.78. The Morgan fingerprint density at radius 3 is 2.78 bits per heavy atom. The van der Waals surface area contributed by atoms with Gasteiger partial charge in [0, 0.05) is 0 Å². The molecule has 0 aliphatic rings. The fraction of sp³-hybridized carbons (Fsp3) is 0.